The fraction of sp³-hybridized carbons (Fsp3) is 0.571. The van der Waals surface area contributed by atoms with Crippen LogP contribution in [-0.4, -0.2) is 30.4 Å². The van der Waals surface area contributed by atoms with E-state index >= 15 is 0 Å². The van der Waals surface area contributed by atoms with Crippen LogP contribution in [0.3, 0.4) is 0 Å². The highest BCUT2D eigenvalue weighted by Crippen LogP contribution is 2.18. The first-order valence-corrected chi connectivity index (χ1v) is 6.25. The van der Waals surface area contributed by atoms with E-state index in [2.05, 4.69) is 11.9 Å². The van der Waals surface area contributed by atoms with E-state index in [0.717, 1.165) is 31.4 Å². The molecule has 0 saturated carbocycles. The summed E-state index contributed by atoms with van der Waals surface area (Å²) in [5, 5.41) is 18.1. The van der Waals surface area contributed by atoms with E-state index in [9.17, 15) is 5.11 Å². The van der Waals surface area contributed by atoms with E-state index in [4.69, 9.17) is 5.11 Å². The fourth-order valence-corrected chi connectivity index (χ4v) is 1.77. The number of unbranched alkanes of at least 4 members (excludes halogenated alkanes) is 2. The minimum Gasteiger partial charge on any atom is -0.396 e. The Morgan fingerprint density at radius 2 is 1.76 bits per heavy atom. The summed E-state index contributed by atoms with van der Waals surface area (Å²) in [5.74, 6) is 0. The number of aliphatic hydroxyl groups is 2. The van der Waals surface area contributed by atoms with Gasteiger partial charge in [-0.25, -0.2) is 0 Å². The summed E-state index contributed by atoms with van der Waals surface area (Å²) >= 11 is 0. The lowest BCUT2D eigenvalue weighted by Gasteiger charge is -2.19. The van der Waals surface area contributed by atoms with Crippen LogP contribution in [-0.2, 0) is 0 Å². The van der Waals surface area contributed by atoms with Gasteiger partial charge in [-0.2, -0.15) is 0 Å². The maximum atomic E-state index is 9.42. The van der Waals surface area contributed by atoms with E-state index in [1.54, 1.807) is 6.92 Å². The molecule has 3 nitrogen and oxygen atoms in total. The standard InChI is InChI=1S/C14H23NO2/c1-12(17)13-6-8-14(9-7-13)15(2)10-4-3-5-11-16/h6-9,12,16-17H,3-5,10-11H2,1-2H3. The second-order valence-electron chi connectivity index (χ2n) is 4.47. The first kappa shape index (κ1) is 14.0. The molecular weight excluding hydrogens is 214 g/mol. The normalized spacial score (nSPS) is 12.5. The van der Waals surface area contributed by atoms with Gasteiger partial charge in [-0.15, -0.1) is 0 Å². The van der Waals surface area contributed by atoms with Gasteiger partial charge < -0.3 is 15.1 Å². The number of nitrogens with zero attached hydrogens (tertiary/aromatic N) is 1. The quantitative estimate of drug-likeness (QED) is 0.715. The third-order valence-corrected chi connectivity index (χ3v) is 2.97. The van der Waals surface area contributed by atoms with Crippen LogP contribution in [0.1, 0.15) is 37.9 Å². The monoisotopic (exact) mass is 237 g/mol. The van der Waals surface area contributed by atoms with Crippen LogP contribution in [0.5, 0.6) is 0 Å². The summed E-state index contributed by atoms with van der Waals surface area (Å²) < 4.78 is 0. The molecule has 1 rings (SSSR count). The molecule has 2 N–H and O–H groups in total. The third kappa shape index (κ3) is 4.75. The number of benzene rings is 1. The molecule has 17 heavy (non-hydrogen) atoms. The zero-order valence-corrected chi connectivity index (χ0v) is 10.8. The van der Waals surface area contributed by atoms with Crippen molar-refractivity contribution in [3.63, 3.8) is 0 Å². The maximum Gasteiger partial charge on any atom is 0.0761 e. The fourth-order valence-electron chi connectivity index (χ4n) is 1.77. The smallest absolute Gasteiger partial charge is 0.0761 e. The van der Waals surface area contributed by atoms with Crippen molar-refractivity contribution >= 4 is 5.69 Å². The van der Waals surface area contributed by atoms with E-state index < -0.39 is 6.10 Å². The van der Waals surface area contributed by atoms with E-state index in [1.165, 1.54) is 5.69 Å². The number of rotatable bonds is 7. The van der Waals surface area contributed by atoms with Crippen molar-refractivity contribution in [2.24, 2.45) is 0 Å². The Kier molecular flexibility index (Phi) is 6.01. The first-order valence-electron chi connectivity index (χ1n) is 6.25. The van der Waals surface area contributed by atoms with Gasteiger partial charge in [0.05, 0.1) is 6.10 Å². The highest BCUT2D eigenvalue weighted by Gasteiger charge is 2.03. The molecule has 0 aliphatic rings. The van der Waals surface area contributed by atoms with Crippen molar-refractivity contribution in [1.29, 1.82) is 0 Å². The molecule has 0 radical (unpaired) electrons. The molecule has 0 aliphatic heterocycles. The predicted octanol–water partition coefficient (Wildman–Crippen LogP) is 2.34. The molecule has 0 saturated heterocycles. The van der Waals surface area contributed by atoms with Crippen LogP contribution in [0.25, 0.3) is 0 Å². The lowest BCUT2D eigenvalue weighted by Crippen LogP contribution is -2.18. The lowest BCUT2D eigenvalue weighted by molar-refractivity contribution is 0.199. The summed E-state index contributed by atoms with van der Waals surface area (Å²) in [6.45, 7) is 3.05. The molecular formula is C14H23NO2. The summed E-state index contributed by atoms with van der Waals surface area (Å²) in [6.07, 6.45) is 2.63. The molecule has 1 aromatic carbocycles. The van der Waals surface area contributed by atoms with Gasteiger partial charge in [0.25, 0.3) is 0 Å². The highest BCUT2D eigenvalue weighted by atomic mass is 16.3. The molecule has 0 amide bonds. The molecule has 0 spiro atoms. The summed E-state index contributed by atoms with van der Waals surface area (Å²) in [6, 6.07) is 8.00. The highest BCUT2D eigenvalue weighted by molar-refractivity contribution is 5.47. The van der Waals surface area contributed by atoms with Crippen molar-refractivity contribution in [2.45, 2.75) is 32.3 Å². The predicted molar refractivity (Wildman–Crippen MR) is 71.3 cm³/mol. The Balaban J connectivity index is 2.43. The van der Waals surface area contributed by atoms with Crippen molar-refractivity contribution < 1.29 is 10.2 Å². The lowest BCUT2D eigenvalue weighted by atomic mass is 10.1. The number of aliphatic hydroxyl groups excluding tert-OH is 2. The molecule has 0 aliphatic carbocycles. The van der Waals surface area contributed by atoms with Crippen molar-refractivity contribution in [1.82, 2.24) is 0 Å². The van der Waals surface area contributed by atoms with Crippen molar-refractivity contribution in [3.05, 3.63) is 29.8 Å². The van der Waals surface area contributed by atoms with Gasteiger partial charge in [0.15, 0.2) is 0 Å². The van der Waals surface area contributed by atoms with Crippen LogP contribution in [0.4, 0.5) is 5.69 Å². The van der Waals surface area contributed by atoms with Crippen LogP contribution < -0.4 is 4.90 Å². The van der Waals surface area contributed by atoms with E-state index in [-0.39, 0.29) is 6.61 Å². The molecule has 0 bridgehead atoms. The van der Waals surface area contributed by atoms with Crippen LogP contribution in [0, 0.1) is 0 Å². The zero-order chi connectivity index (χ0) is 12.7. The SMILES string of the molecule is CC(O)c1ccc(N(C)CCCCCO)cc1. The largest absolute Gasteiger partial charge is 0.396 e. The van der Waals surface area contributed by atoms with Gasteiger partial charge in [0.2, 0.25) is 0 Å². The number of anilines is 1. The zero-order valence-electron chi connectivity index (χ0n) is 10.8. The Morgan fingerprint density at radius 1 is 1.12 bits per heavy atom. The topological polar surface area (TPSA) is 43.7 Å². The second-order valence-corrected chi connectivity index (χ2v) is 4.47. The van der Waals surface area contributed by atoms with E-state index in [0.29, 0.717) is 0 Å². The summed E-state index contributed by atoms with van der Waals surface area (Å²) in [5.41, 5.74) is 2.11. The molecule has 0 heterocycles. The molecule has 0 fully saturated rings. The molecule has 1 unspecified atom stereocenters. The Morgan fingerprint density at radius 3 is 2.29 bits per heavy atom. The van der Waals surface area contributed by atoms with E-state index in [1.807, 2.05) is 24.3 Å². The van der Waals surface area contributed by atoms with Crippen LogP contribution in [0.15, 0.2) is 24.3 Å². The van der Waals surface area contributed by atoms with Crippen molar-refractivity contribution in [2.75, 3.05) is 25.1 Å². The molecule has 1 atom stereocenters. The Bertz CT molecular complexity index is 309. The molecule has 0 aromatic heterocycles. The molecule has 96 valence electrons. The molecule has 1 aromatic rings. The maximum absolute atomic E-state index is 9.42. The van der Waals surface area contributed by atoms with Gasteiger partial charge in [-0.1, -0.05) is 12.1 Å². The third-order valence-electron chi connectivity index (χ3n) is 2.97. The van der Waals surface area contributed by atoms with Gasteiger partial charge in [-0.3, -0.25) is 0 Å². The van der Waals surface area contributed by atoms with Gasteiger partial charge in [0.1, 0.15) is 0 Å². The van der Waals surface area contributed by atoms with Crippen molar-refractivity contribution in [3.8, 4) is 0 Å². The Labute approximate surface area is 104 Å². The number of hydrogen-bond acceptors (Lipinski definition) is 3. The summed E-state index contributed by atoms with van der Waals surface area (Å²) in [7, 11) is 2.07. The van der Waals surface area contributed by atoms with Gasteiger partial charge in [0, 0.05) is 25.9 Å². The molecule has 3 heteroatoms. The minimum absolute atomic E-state index is 0.285. The average Bonchev–Trinajstić information content (AvgIpc) is 2.34. The van der Waals surface area contributed by atoms with Gasteiger partial charge in [-0.05, 0) is 43.9 Å². The Hall–Kier alpha value is -1.06. The van der Waals surface area contributed by atoms with Gasteiger partial charge >= 0.3 is 0 Å². The first-order chi connectivity index (χ1) is 8.15. The number of hydrogen-bond donors (Lipinski definition) is 2. The second kappa shape index (κ2) is 7.30. The average molecular weight is 237 g/mol. The van der Waals surface area contributed by atoms with Crippen LogP contribution in [0.2, 0.25) is 0 Å². The summed E-state index contributed by atoms with van der Waals surface area (Å²) in [4.78, 5) is 2.20. The minimum atomic E-state index is -0.404. The van der Waals surface area contributed by atoms with Crippen LogP contribution >= 0.6 is 0 Å².